The standard InChI is InChI=1S/C14H19N5O2/c1-3-18-6-7-19(9-11(18)13-15-4-5-16-13)14(20)12-8-10(2)17-21-12/h4-5,8,11H,3,6-7,9H2,1-2H3,(H,15,16)/t11-/m1/s1. The summed E-state index contributed by atoms with van der Waals surface area (Å²) in [6.45, 7) is 6.95. The molecule has 3 heterocycles. The summed E-state index contributed by atoms with van der Waals surface area (Å²) in [5, 5.41) is 3.78. The Morgan fingerprint density at radius 2 is 2.38 bits per heavy atom. The summed E-state index contributed by atoms with van der Waals surface area (Å²) >= 11 is 0. The van der Waals surface area contributed by atoms with E-state index in [1.807, 2.05) is 6.20 Å². The van der Waals surface area contributed by atoms with E-state index >= 15 is 0 Å². The molecule has 0 saturated carbocycles. The molecule has 1 N–H and O–H groups in total. The van der Waals surface area contributed by atoms with E-state index in [1.165, 1.54) is 0 Å². The smallest absolute Gasteiger partial charge is 0.292 e. The number of amides is 1. The molecule has 1 fully saturated rings. The second-order valence-corrected chi connectivity index (χ2v) is 5.20. The Hall–Kier alpha value is -2.15. The largest absolute Gasteiger partial charge is 0.351 e. The summed E-state index contributed by atoms with van der Waals surface area (Å²) in [7, 11) is 0. The lowest BCUT2D eigenvalue weighted by Gasteiger charge is -2.39. The molecule has 1 aliphatic rings. The fourth-order valence-electron chi connectivity index (χ4n) is 2.72. The first-order valence-electron chi connectivity index (χ1n) is 7.15. The molecule has 7 nitrogen and oxygen atoms in total. The average Bonchev–Trinajstić information content (AvgIpc) is 3.17. The third-order valence-corrected chi connectivity index (χ3v) is 3.86. The minimum Gasteiger partial charge on any atom is -0.351 e. The molecule has 2 aromatic rings. The monoisotopic (exact) mass is 289 g/mol. The highest BCUT2D eigenvalue weighted by Gasteiger charge is 2.32. The van der Waals surface area contributed by atoms with Gasteiger partial charge in [-0.05, 0) is 13.5 Å². The number of aryl methyl sites for hydroxylation is 1. The maximum absolute atomic E-state index is 12.5. The third-order valence-electron chi connectivity index (χ3n) is 3.86. The molecule has 21 heavy (non-hydrogen) atoms. The molecule has 0 aliphatic carbocycles. The average molecular weight is 289 g/mol. The van der Waals surface area contributed by atoms with Crippen LogP contribution in [-0.2, 0) is 0 Å². The van der Waals surface area contributed by atoms with Crippen molar-refractivity contribution in [2.45, 2.75) is 19.9 Å². The van der Waals surface area contributed by atoms with Gasteiger partial charge in [0.2, 0.25) is 5.76 Å². The zero-order valence-electron chi connectivity index (χ0n) is 12.2. The van der Waals surface area contributed by atoms with Crippen LogP contribution in [0.1, 0.15) is 35.0 Å². The summed E-state index contributed by atoms with van der Waals surface area (Å²) in [6, 6.07) is 1.77. The van der Waals surface area contributed by atoms with Gasteiger partial charge in [-0.25, -0.2) is 4.98 Å². The lowest BCUT2D eigenvalue weighted by molar-refractivity contribution is 0.0445. The number of H-pyrrole nitrogens is 1. The number of aromatic amines is 1. The van der Waals surface area contributed by atoms with Gasteiger partial charge in [0, 0.05) is 38.1 Å². The molecule has 1 saturated heterocycles. The number of likely N-dealkylation sites (N-methyl/N-ethyl adjacent to an activating group) is 1. The minimum atomic E-state index is -0.108. The first kappa shape index (κ1) is 13.8. The van der Waals surface area contributed by atoms with E-state index in [4.69, 9.17) is 4.52 Å². The van der Waals surface area contributed by atoms with Crippen molar-refractivity contribution in [3.63, 3.8) is 0 Å². The lowest BCUT2D eigenvalue weighted by atomic mass is 10.1. The third kappa shape index (κ3) is 2.69. The Labute approximate surface area is 122 Å². The molecule has 0 radical (unpaired) electrons. The van der Waals surface area contributed by atoms with Crippen LogP contribution in [0.3, 0.4) is 0 Å². The number of hydrogen-bond acceptors (Lipinski definition) is 5. The van der Waals surface area contributed by atoms with Gasteiger partial charge in [0.05, 0.1) is 11.7 Å². The number of nitrogens with one attached hydrogen (secondary N) is 1. The molecule has 2 aromatic heterocycles. The topological polar surface area (TPSA) is 78.3 Å². The van der Waals surface area contributed by atoms with Crippen molar-refractivity contribution in [3.8, 4) is 0 Å². The Morgan fingerprint density at radius 1 is 1.52 bits per heavy atom. The van der Waals surface area contributed by atoms with E-state index in [9.17, 15) is 4.79 Å². The molecule has 1 amide bonds. The summed E-state index contributed by atoms with van der Waals surface area (Å²) in [5.41, 5.74) is 0.716. The van der Waals surface area contributed by atoms with Crippen LogP contribution in [0.5, 0.6) is 0 Å². The Morgan fingerprint density at radius 3 is 3.00 bits per heavy atom. The van der Waals surface area contributed by atoms with Crippen LogP contribution >= 0.6 is 0 Å². The van der Waals surface area contributed by atoms with E-state index in [0.717, 1.165) is 18.9 Å². The fraction of sp³-hybridized carbons (Fsp3) is 0.500. The van der Waals surface area contributed by atoms with Crippen molar-refractivity contribution < 1.29 is 9.32 Å². The number of rotatable bonds is 3. The van der Waals surface area contributed by atoms with E-state index in [0.29, 0.717) is 24.5 Å². The predicted octanol–water partition coefficient (Wildman–Crippen LogP) is 1.23. The van der Waals surface area contributed by atoms with Crippen LogP contribution in [0, 0.1) is 6.92 Å². The second kappa shape index (κ2) is 5.69. The number of imidazole rings is 1. The van der Waals surface area contributed by atoms with Crippen LogP contribution in [0.25, 0.3) is 0 Å². The van der Waals surface area contributed by atoms with Gasteiger partial charge in [-0.1, -0.05) is 12.1 Å². The van der Waals surface area contributed by atoms with Gasteiger partial charge < -0.3 is 14.4 Å². The van der Waals surface area contributed by atoms with E-state index < -0.39 is 0 Å². The number of hydrogen-bond donors (Lipinski definition) is 1. The SMILES string of the molecule is CCN1CCN(C(=O)c2cc(C)no2)C[C@@H]1c1ncc[nH]1. The van der Waals surface area contributed by atoms with Gasteiger partial charge in [-0.3, -0.25) is 9.69 Å². The highest BCUT2D eigenvalue weighted by Crippen LogP contribution is 2.23. The summed E-state index contributed by atoms with van der Waals surface area (Å²) in [4.78, 5) is 24.1. The van der Waals surface area contributed by atoms with E-state index in [2.05, 4.69) is 26.9 Å². The first-order chi connectivity index (χ1) is 10.2. The molecule has 0 aromatic carbocycles. The molecule has 1 atom stereocenters. The maximum Gasteiger partial charge on any atom is 0.292 e. The summed E-state index contributed by atoms with van der Waals surface area (Å²) < 4.78 is 5.08. The van der Waals surface area contributed by atoms with Gasteiger partial charge in [0.15, 0.2) is 0 Å². The van der Waals surface area contributed by atoms with E-state index in [-0.39, 0.29) is 11.9 Å². The van der Waals surface area contributed by atoms with Crippen LogP contribution < -0.4 is 0 Å². The summed E-state index contributed by atoms with van der Waals surface area (Å²) in [5.74, 6) is 1.08. The Bertz CT molecular complexity index is 607. The van der Waals surface area contributed by atoms with Gasteiger partial charge in [-0.2, -0.15) is 0 Å². The molecule has 0 spiro atoms. The zero-order chi connectivity index (χ0) is 14.8. The number of nitrogens with zero attached hydrogens (tertiary/aromatic N) is 4. The van der Waals surface area contributed by atoms with Crippen molar-refractivity contribution in [1.29, 1.82) is 0 Å². The van der Waals surface area contributed by atoms with Gasteiger partial charge in [-0.15, -0.1) is 0 Å². The molecule has 7 heteroatoms. The Balaban J connectivity index is 1.78. The molecule has 112 valence electrons. The van der Waals surface area contributed by atoms with Crippen molar-refractivity contribution in [3.05, 3.63) is 35.7 Å². The number of piperazine rings is 1. The number of aromatic nitrogens is 3. The highest BCUT2D eigenvalue weighted by molar-refractivity contribution is 5.91. The lowest BCUT2D eigenvalue weighted by Crippen LogP contribution is -2.50. The van der Waals surface area contributed by atoms with Crippen molar-refractivity contribution in [1.82, 2.24) is 24.9 Å². The molecule has 0 bridgehead atoms. The summed E-state index contributed by atoms with van der Waals surface area (Å²) in [6.07, 6.45) is 3.55. The second-order valence-electron chi connectivity index (χ2n) is 5.20. The zero-order valence-corrected chi connectivity index (χ0v) is 12.2. The van der Waals surface area contributed by atoms with Crippen molar-refractivity contribution in [2.75, 3.05) is 26.2 Å². The molecular weight excluding hydrogens is 270 g/mol. The predicted molar refractivity (Wildman–Crippen MR) is 75.7 cm³/mol. The molecule has 0 unspecified atom stereocenters. The van der Waals surface area contributed by atoms with Crippen molar-refractivity contribution in [2.24, 2.45) is 0 Å². The normalized spacial score (nSPS) is 19.9. The minimum absolute atomic E-state index is 0.0896. The first-order valence-corrected chi connectivity index (χ1v) is 7.15. The number of carbonyl (C=O) groups is 1. The molecule has 3 rings (SSSR count). The molecular formula is C14H19N5O2. The van der Waals surface area contributed by atoms with Crippen LogP contribution in [0.4, 0.5) is 0 Å². The Kier molecular flexibility index (Phi) is 3.74. The fourth-order valence-corrected chi connectivity index (χ4v) is 2.72. The van der Waals surface area contributed by atoms with Crippen LogP contribution in [0.2, 0.25) is 0 Å². The van der Waals surface area contributed by atoms with Gasteiger partial charge >= 0.3 is 0 Å². The quantitative estimate of drug-likeness (QED) is 0.919. The van der Waals surface area contributed by atoms with E-state index in [1.54, 1.807) is 24.1 Å². The van der Waals surface area contributed by atoms with Gasteiger partial charge in [0.1, 0.15) is 5.82 Å². The van der Waals surface area contributed by atoms with Crippen LogP contribution in [0.15, 0.2) is 23.0 Å². The molecule has 1 aliphatic heterocycles. The maximum atomic E-state index is 12.5. The number of carbonyl (C=O) groups excluding carboxylic acids is 1. The van der Waals surface area contributed by atoms with Gasteiger partial charge in [0.25, 0.3) is 5.91 Å². The van der Waals surface area contributed by atoms with Crippen molar-refractivity contribution >= 4 is 5.91 Å². The van der Waals surface area contributed by atoms with Crippen LogP contribution in [-0.4, -0.2) is 57.0 Å². The highest BCUT2D eigenvalue weighted by atomic mass is 16.5.